The van der Waals surface area contributed by atoms with Crippen molar-refractivity contribution in [3.8, 4) is 0 Å². The summed E-state index contributed by atoms with van der Waals surface area (Å²) < 4.78 is 28.4. The SMILES string of the molecule is CCCC(NS(=O)(=O)c1ccc(Br)cc1)C(=O)NCCc1ccc(Cl)cc1Cl. The first-order valence-electron chi connectivity index (χ1n) is 8.72. The maximum Gasteiger partial charge on any atom is 0.241 e. The Hall–Kier alpha value is -1.12. The van der Waals surface area contributed by atoms with Crippen LogP contribution in [0.4, 0.5) is 0 Å². The predicted molar refractivity (Wildman–Crippen MR) is 116 cm³/mol. The van der Waals surface area contributed by atoms with Gasteiger partial charge in [0.05, 0.1) is 4.90 Å². The molecule has 0 aliphatic heterocycles. The summed E-state index contributed by atoms with van der Waals surface area (Å²) in [7, 11) is -3.80. The molecule has 0 saturated carbocycles. The molecule has 1 amide bonds. The zero-order chi connectivity index (χ0) is 20.7. The lowest BCUT2D eigenvalue weighted by Crippen LogP contribution is -2.47. The van der Waals surface area contributed by atoms with Gasteiger partial charge in [0.1, 0.15) is 6.04 Å². The Bertz CT molecular complexity index is 921. The van der Waals surface area contributed by atoms with Crippen LogP contribution in [0.2, 0.25) is 10.0 Å². The lowest BCUT2D eigenvalue weighted by Gasteiger charge is -2.18. The number of carbonyl (C=O) groups is 1. The number of hydrogen-bond donors (Lipinski definition) is 2. The molecular formula is C19H21BrCl2N2O3S. The second-order valence-electron chi connectivity index (χ2n) is 6.19. The fourth-order valence-corrected chi connectivity index (χ4v) is 4.57. The summed E-state index contributed by atoms with van der Waals surface area (Å²) in [5.41, 5.74) is 0.855. The van der Waals surface area contributed by atoms with Gasteiger partial charge in [-0.15, -0.1) is 0 Å². The molecule has 1 unspecified atom stereocenters. The highest BCUT2D eigenvalue weighted by atomic mass is 79.9. The number of rotatable bonds is 9. The fourth-order valence-electron chi connectivity index (χ4n) is 2.57. The number of halogens is 3. The lowest BCUT2D eigenvalue weighted by atomic mass is 10.1. The topological polar surface area (TPSA) is 75.3 Å². The number of hydrogen-bond acceptors (Lipinski definition) is 3. The average molecular weight is 508 g/mol. The summed E-state index contributed by atoms with van der Waals surface area (Å²) in [6, 6.07) is 10.6. The summed E-state index contributed by atoms with van der Waals surface area (Å²) in [5, 5.41) is 3.85. The van der Waals surface area contributed by atoms with E-state index >= 15 is 0 Å². The molecule has 0 heterocycles. The Morgan fingerprint density at radius 2 is 1.82 bits per heavy atom. The molecule has 2 aromatic carbocycles. The first-order valence-corrected chi connectivity index (χ1v) is 11.8. The van der Waals surface area contributed by atoms with Crippen molar-refractivity contribution >= 4 is 55.1 Å². The molecule has 9 heteroatoms. The van der Waals surface area contributed by atoms with Gasteiger partial charge in [0, 0.05) is 21.1 Å². The first-order chi connectivity index (χ1) is 13.2. The summed E-state index contributed by atoms with van der Waals surface area (Å²) in [6.45, 7) is 2.22. The Kier molecular flexibility index (Phi) is 8.77. The van der Waals surface area contributed by atoms with Crippen molar-refractivity contribution in [1.82, 2.24) is 10.0 Å². The van der Waals surface area contributed by atoms with E-state index in [0.29, 0.717) is 35.9 Å². The van der Waals surface area contributed by atoms with E-state index in [-0.39, 0.29) is 10.8 Å². The van der Waals surface area contributed by atoms with Crippen LogP contribution in [0.3, 0.4) is 0 Å². The van der Waals surface area contributed by atoms with Crippen molar-refractivity contribution < 1.29 is 13.2 Å². The third kappa shape index (κ3) is 6.74. The van der Waals surface area contributed by atoms with Gasteiger partial charge in [-0.2, -0.15) is 4.72 Å². The number of benzene rings is 2. The van der Waals surface area contributed by atoms with Gasteiger partial charge in [-0.3, -0.25) is 4.79 Å². The Morgan fingerprint density at radius 3 is 2.43 bits per heavy atom. The van der Waals surface area contributed by atoms with Crippen LogP contribution in [0.1, 0.15) is 25.3 Å². The number of sulfonamides is 1. The van der Waals surface area contributed by atoms with Crippen LogP contribution in [0, 0.1) is 0 Å². The van der Waals surface area contributed by atoms with E-state index in [4.69, 9.17) is 23.2 Å². The molecule has 0 radical (unpaired) electrons. The van der Waals surface area contributed by atoms with Gasteiger partial charge in [-0.1, -0.05) is 58.5 Å². The molecule has 0 saturated heterocycles. The van der Waals surface area contributed by atoms with E-state index in [0.717, 1.165) is 10.0 Å². The number of carbonyl (C=O) groups excluding carboxylic acids is 1. The van der Waals surface area contributed by atoms with Gasteiger partial charge in [0.2, 0.25) is 15.9 Å². The van der Waals surface area contributed by atoms with E-state index in [1.165, 1.54) is 12.1 Å². The molecule has 2 N–H and O–H groups in total. The van der Waals surface area contributed by atoms with E-state index < -0.39 is 16.1 Å². The second-order valence-corrected chi connectivity index (χ2v) is 9.67. The van der Waals surface area contributed by atoms with Gasteiger partial charge in [0.15, 0.2) is 0 Å². The molecule has 0 aliphatic carbocycles. The third-order valence-corrected chi connectivity index (χ3v) is 6.63. The minimum Gasteiger partial charge on any atom is -0.354 e. The van der Waals surface area contributed by atoms with Crippen LogP contribution in [0.25, 0.3) is 0 Å². The van der Waals surface area contributed by atoms with Crippen LogP contribution in [0.15, 0.2) is 51.8 Å². The average Bonchev–Trinajstić information content (AvgIpc) is 2.63. The molecule has 0 spiro atoms. The summed E-state index contributed by atoms with van der Waals surface area (Å²) in [6.07, 6.45) is 1.56. The molecule has 0 bridgehead atoms. The van der Waals surface area contributed by atoms with Gasteiger partial charge in [-0.25, -0.2) is 8.42 Å². The highest BCUT2D eigenvalue weighted by molar-refractivity contribution is 9.10. The van der Waals surface area contributed by atoms with E-state index in [1.54, 1.807) is 30.3 Å². The largest absolute Gasteiger partial charge is 0.354 e. The van der Waals surface area contributed by atoms with Gasteiger partial charge < -0.3 is 5.32 Å². The number of nitrogens with one attached hydrogen (secondary N) is 2. The van der Waals surface area contributed by atoms with Crippen molar-refractivity contribution in [2.24, 2.45) is 0 Å². The van der Waals surface area contributed by atoms with E-state index in [1.807, 2.05) is 6.92 Å². The van der Waals surface area contributed by atoms with Gasteiger partial charge >= 0.3 is 0 Å². The van der Waals surface area contributed by atoms with Crippen LogP contribution >= 0.6 is 39.1 Å². The minimum absolute atomic E-state index is 0.109. The molecule has 0 aromatic heterocycles. The van der Waals surface area contributed by atoms with Crippen LogP contribution in [0.5, 0.6) is 0 Å². The van der Waals surface area contributed by atoms with E-state index in [9.17, 15) is 13.2 Å². The molecule has 28 heavy (non-hydrogen) atoms. The smallest absolute Gasteiger partial charge is 0.241 e. The summed E-state index contributed by atoms with van der Waals surface area (Å²) >= 11 is 15.3. The van der Waals surface area contributed by atoms with Crippen molar-refractivity contribution in [3.63, 3.8) is 0 Å². The molecule has 152 valence electrons. The third-order valence-electron chi connectivity index (χ3n) is 4.02. The highest BCUT2D eigenvalue weighted by Gasteiger charge is 2.24. The van der Waals surface area contributed by atoms with Crippen LogP contribution in [-0.4, -0.2) is 26.9 Å². The molecule has 5 nitrogen and oxygen atoms in total. The Labute approximate surface area is 184 Å². The first kappa shape index (κ1) is 23.2. The normalized spacial score (nSPS) is 12.6. The maximum atomic E-state index is 12.6. The maximum absolute atomic E-state index is 12.6. The molecule has 1 atom stereocenters. The molecule has 0 aliphatic rings. The lowest BCUT2D eigenvalue weighted by molar-refractivity contribution is -0.122. The minimum atomic E-state index is -3.80. The fraction of sp³-hybridized carbons (Fsp3) is 0.316. The standard InChI is InChI=1S/C19H21BrCl2N2O3S/c1-2-3-18(24-28(26,27)16-8-5-14(20)6-9-16)19(25)23-11-10-13-4-7-15(21)12-17(13)22/h4-9,12,18,24H,2-3,10-11H2,1H3,(H,23,25). The predicted octanol–water partition coefficient (Wildman–Crippen LogP) is 4.56. The monoisotopic (exact) mass is 506 g/mol. The molecule has 2 aromatic rings. The Balaban J connectivity index is 1.99. The van der Waals surface area contributed by atoms with Crippen molar-refractivity contribution in [2.75, 3.05) is 6.54 Å². The van der Waals surface area contributed by atoms with Crippen molar-refractivity contribution in [1.29, 1.82) is 0 Å². The van der Waals surface area contributed by atoms with Crippen molar-refractivity contribution in [2.45, 2.75) is 37.1 Å². The van der Waals surface area contributed by atoms with E-state index in [2.05, 4.69) is 26.0 Å². The molecule has 2 rings (SSSR count). The highest BCUT2D eigenvalue weighted by Crippen LogP contribution is 2.21. The van der Waals surface area contributed by atoms with Crippen molar-refractivity contribution in [3.05, 3.63) is 62.5 Å². The zero-order valence-electron chi connectivity index (χ0n) is 15.2. The molecular weight excluding hydrogens is 487 g/mol. The quantitative estimate of drug-likeness (QED) is 0.522. The summed E-state index contributed by atoms with van der Waals surface area (Å²) in [4.78, 5) is 12.6. The number of amides is 1. The summed E-state index contributed by atoms with van der Waals surface area (Å²) in [5.74, 6) is -0.368. The van der Waals surface area contributed by atoms with Crippen LogP contribution < -0.4 is 10.0 Å². The van der Waals surface area contributed by atoms with Gasteiger partial charge in [0.25, 0.3) is 0 Å². The molecule has 0 fully saturated rings. The Morgan fingerprint density at radius 1 is 1.14 bits per heavy atom. The second kappa shape index (κ2) is 10.6. The van der Waals surface area contributed by atoms with Crippen LogP contribution in [-0.2, 0) is 21.2 Å². The van der Waals surface area contributed by atoms with Gasteiger partial charge in [-0.05, 0) is 54.8 Å². The zero-order valence-corrected chi connectivity index (χ0v) is 19.1.